The van der Waals surface area contributed by atoms with Crippen LogP contribution in [0.3, 0.4) is 0 Å². The lowest BCUT2D eigenvalue weighted by Crippen LogP contribution is -2.11. The first-order chi connectivity index (χ1) is 10.6. The number of amides is 1. The van der Waals surface area contributed by atoms with Crippen molar-refractivity contribution >= 4 is 39.1 Å². The Balaban J connectivity index is 1.88. The molecule has 22 heavy (non-hydrogen) atoms. The average Bonchev–Trinajstić information content (AvgIpc) is 2.97. The van der Waals surface area contributed by atoms with Crippen LogP contribution < -0.4 is 5.32 Å². The van der Waals surface area contributed by atoms with E-state index in [-0.39, 0.29) is 11.7 Å². The van der Waals surface area contributed by atoms with Crippen molar-refractivity contribution in [3.8, 4) is 11.3 Å². The fraction of sp³-hybridized carbons (Fsp3) is 0. The molecule has 4 nitrogen and oxygen atoms in total. The Labute approximate surface area is 138 Å². The van der Waals surface area contributed by atoms with E-state index in [0.29, 0.717) is 21.8 Å². The van der Waals surface area contributed by atoms with Crippen molar-refractivity contribution in [2.75, 3.05) is 5.32 Å². The molecular weight excluding hydrogens is 369 g/mol. The zero-order valence-corrected chi connectivity index (χ0v) is 13.5. The SMILES string of the molecule is O=C(Nc1cccc(Br)c1)c1snnc1-c1ccc(F)cc1. The molecule has 3 rings (SSSR count). The van der Waals surface area contributed by atoms with E-state index in [1.165, 1.54) is 12.1 Å². The molecule has 0 aliphatic heterocycles. The smallest absolute Gasteiger partial charge is 0.269 e. The molecule has 0 bridgehead atoms. The molecule has 2 aromatic carbocycles. The molecule has 7 heteroatoms. The third kappa shape index (κ3) is 3.20. The molecular formula is C15H9BrFN3OS. The van der Waals surface area contributed by atoms with Crippen LogP contribution in [-0.2, 0) is 0 Å². The number of hydrogen-bond donors (Lipinski definition) is 1. The molecule has 0 saturated heterocycles. The highest BCUT2D eigenvalue weighted by molar-refractivity contribution is 9.10. The normalized spacial score (nSPS) is 10.5. The Morgan fingerprint density at radius 2 is 1.95 bits per heavy atom. The van der Waals surface area contributed by atoms with Gasteiger partial charge < -0.3 is 5.32 Å². The second-order valence-electron chi connectivity index (χ2n) is 4.42. The fourth-order valence-electron chi connectivity index (χ4n) is 1.89. The van der Waals surface area contributed by atoms with E-state index in [1.54, 1.807) is 24.3 Å². The predicted octanol–water partition coefficient (Wildman–Crippen LogP) is 4.36. The van der Waals surface area contributed by atoms with Crippen LogP contribution in [0.5, 0.6) is 0 Å². The monoisotopic (exact) mass is 377 g/mol. The van der Waals surface area contributed by atoms with Crippen molar-refractivity contribution < 1.29 is 9.18 Å². The van der Waals surface area contributed by atoms with Crippen LogP contribution >= 0.6 is 27.5 Å². The Bertz CT molecular complexity index is 820. The number of halogens is 2. The maximum atomic E-state index is 13.0. The van der Waals surface area contributed by atoms with Gasteiger partial charge in [-0.05, 0) is 54.0 Å². The molecule has 1 aromatic heterocycles. The number of nitrogens with one attached hydrogen (secondary N) is 1. The van der Waals surface area contributed by atoms with Crippen molar-refractivity contribution in [2.45, 2.75) is 0 Å². The van der Waals surface area contributed by atoms with Crippen molar-refractivity contribution in [2.24, 2.45) is 0 Å². The molecule has 110 valence electrons. The lowest BCUT2D eigenvalue weighted by molar-refractivity contribution is 0.103. The molecule has 0 fully saturated rings. The molecule has 0 spiro atoms. The largest absolute Gasteiger partial charge is 0.321 e. The highest BCUT2D eigenvalue weighted by Crippen LogP contribution is 2.25. The molecule has 0 unspecified atom stereocenters. The number of nitrogens with zero attached hydrogens (tertiary/aromatic N) is 2. The molecule has 0 radical (unpaired) electrons. The van der Waals surface area contributed by atoms with E-state index >= 15 is 0 Å². The van der Waals surface area contributed by atoms with Crippen LogP contribution in [0.15, 0.2) is 53.0 Å². The van der Waals surface area contributed by atoms with Crippen molar-refractivity contribution in [3.63, 3.8) is 0 Å². The molecule has 1 heterocycles. The molecule has 0 aliphatic rings. The summed E-state index contributed by atoms with van der Waals surface area (Å²) >= 11 is 4.35. The number of rotatable bonds is 3. The third-order valence-electron chi connectivity index (χ3n) is 2.89. The van der Waals surface area contributed by atoms with Gasteiger partial charge >= 0.3 is 0 Å². The highest BCUT2D eigenvalue weighted by Gasteiger charge is 2.18. The molecule has 1 N–H and O–H groups in total. The summed E-state index contributed by atoms with van der Waals surface area (Å²) in [6.07, 6.45) is 0. The number of aromatic nitrogens is 2. The van der Waals surface area contributed by atoms with Crippen LogP contribution in [0.4, 0.5) is 10.1 Å². The summed E-state index contributed by atoms with van der Waals surface area (Å²) in [5.74, 6) is -0.639. The van der Waals surface area contributed by atoms with Crippen LogP contribution in [0, 0.1) is 5.82 Å². The van der Waals surface area contributed by atoms with Crippen LogP contribution in [-0.4, -0.2) is 15.5 Å². The molecule has 3 aromatic rings. The summed E-state index contributed by atoms with van der Waals surface area (Å²) in [7, 11) is 0. The number of anilines is 1. The molecule has 0 atom stereocenters. The van der Waals surface area contributed by atoms with Crippen LogP contribution in [0.2, 0.25) is 0 Å². The predicted molar refractivity (Wildman–Crippen MR) is 87.4 cm³/mol. The van der Waals surface area contributed by atoms with Crippen molar-refractivity contribution in [3.05, 3.63) is 63.7 Å². The van der Waals surface area contributed by atoms with Gasteiger partial charge in [0.15, 0.2) is 0 Å². The second-order valence-corrected chi connectivity index (χ2v) is 6.09. The van der Waals surface area contributed by atoms with Gasteiger partial charge in [0.05, 0.1) is 0 Å². The summed E-state index contributed by atoms with van der Waals surface area (Å²) in [4.78, 5) is 12.8. The minimum Gasteiger partial charge on any atom is -0.321 e. The topological polar surface area (TPSA) is 54.9 Å². The van der Waals surface area contributed by atoms with Gasteiger partial charge in [0, 0.05) is 15.7 Å². The Morgan fingerprint density at radius 1 is 1.18 bits per heavy atom. The van der Waals surface area contributed by atoms with E-state index in [1.807, 2.05) is 12.1 Å². The van der Waals surface area contributed by atoms with E-state index in [2.05, 4.69) is 30.8 Å². The van der Waals surface area contributed by atoms with Crippen molar-refractivity contribution in [1.29, 1.82) is 0 Å². The van der Waals surface area contributed by atoms with Crippen LogP contribution in [0.25, 0.3) is 11.3 Å². The summed E-state index contributed by atoms with van der Waals surface area (Å²) < 4.78 is 17.7. The zero-order chi connectivity index (χ0) is 15.5. The van der Waals surface area contributed by atoms with Gasteiger partial charge in [-0.2, -0.15) is 0 Å². The third-order valence-corrected chi connectivity index (χ3v) is 4.11. The van der Waals surface area contributed by atoms with Gasteiger partial charge in [0.25, 0.3) is 5.91 Å². The lowest BCUT2D eigenvalue weighted by atomic mass is 10.1. The van der Waals surface area contributed by atoms with Gasteiger partial charge in [-0.1, -0.05) is 26.5 Å². The first-order valence-electron chi connectivity index (χ1n) is 6.29. The fourth-order valence-corrected chi connectivity index (χ4v) is 2.87. The second kappa shape index (κ2) is 6.33. The van der Waals surface area contributed by atoms with Gasteiger partial charge in [-0.25, -0.2) is 4.39 Å². The zero-order valence-electron chi connectivity index (χ0n) is 11.1. The van der Waals surface area contributed by atoms with Crippen molar-refractivity contribution in [1.82, 2.24) is 9.59 Å². The summed E-state index contributed by atoms with van der Waals surface area (Å²) in [5.41, 5.74) is 1.75. The number of benzene rings is 2. The molecule has 1 amide bonds. The highest BCUT2D eigenvalue weighted by atomic mass is 79.9. The minimum atomic E-state index is -0.341. The van der Waals surface area contributed by atoms with E-state index in [4.69, 9.17) is 0 Å². The summed E-state index contributed by atoms with van der Waals surface area (Å²) in [5, 5.41) is 6.77. The Hall–Kier alpha value is -2.12. The van der Waals surface area contributed by atoms with E-state index in [0.717, 1.165) is 16.0 Å². The Kier molecular flexibility index (Phi) is 4.26. The van der Waals surface area contributed by atoms with Crippen LogP contribution in [0.1, 0.15) is 9.67 Å². The number of carbonyl (C=O) groups is 1. The maximum Gasteiger partial charge on any atom is 0.269 e. The number of carbonyl (C=O) groups excluding carboxylic acids is 1. The Morgan fingerprint density at radius 3 is 2.68 bits per heavy atom. The van der Waals surface area contributed by atoms with Gasteiger partial charge in [-0.3, -0.25) is 4.79 Å². The van der Waals surface area contributed by atoms with Gasteiger partial charge in [0.1, 0.15) is 16.4 Å². The van der Waals surface area contributed by atoms with Gasteiger partial charge in [0.2, 0.25) is 0 Å². The van der Waals surface area contributed by atoms with Gasteiger partial charge in [-0.15, -0.1) is 5.10 Å². The minimum absolute atomic E-state index is 0.299. The quantitative estimate of drug-likeness (QED) is 0.737. The first kappa shape index (κ1) is 14.8. The average molecular weight is 378 g/mol. The number of hydrogen-bond acceptors (Lipinski definition) is 4. The summed E-state index contributed by atoms with van der Waals surface area (Å²) in [6, 6.07) is 13.1. The van der Waals surface area contributed by atoms with E-state index < -0.39 is 0 Å². The maximum absolute atomic E-state index is 13.0. The summed E-state index contributed by atoms with van der Waals surface area (Å²) in [6.45, 7) is 0. The van der Waals surface area contributed by atoms with E-state index in [9.17, 15) is 9.18 Å². The lowest BCUT2D eigenvalue weighted by Gasteiger charge is -2.05. The molecule has 0 saturated carbocycles. The molecule has 0 aliphatic carbocycles. The standard InChI is InChI=1S/C15H9BrFN3OS/c16-10-2-1-3-12(8-10)18-15(21)14-13(19-20-22-14)9-4-6-11(17)7-5-9/h1-8H,(H,18,21). The first-order valence-corrected chi connectivity index (χ1v) is 7.85.